The van der Waals surface area contributed by atoms with Crippen LogP contribution in [0.1, 0.15) is 27.3 Å². The summed E-state index contributed by atoms with van der Waals surface area (Å²) in [6.45, 7) is 8.59. The zero-order valence-corrected chi connectivity index (χ0v) is 19.6. The van der Waals surface area contributed by atoms with E-state index in [0.717, 1.165) is 16.9 Å². The Morgan fingerprint density at radius 2 is 1.82 bits per heavy atom. The number of hydrogen-bond acceptors (Lipinski definition) is 7. The van der Waals surface area contributed by atoms with Crippen LogP contribution in [0.2, 0.25) is 0 Å². The minimum Gasteiger partial charge on any atom is -0.486 e. The molecule has 0 spiro atoms. The number of anilines is 1. The molecule has 0 saturated heterocycles. The second kappa shape index (κ2) is 11.3. The van der Waals surface area contributed by atoms with Crippen LogP contribution in [0.5, 0.6) is 5.75 Å². The van der Waals surface area contributed by atoms with Gasteiger partial charge in [0.1, 0.15) is 12.4 Å². The molecule has 1 heterocycles. The molecule has 172 valence electrons. The van der Waals surface area contributed by atoms with Crippen molar-refractivity contribution in [3.63, 3.8) is 0 Å². The van der Waals surface area contributed by atoms with Gasteiger partial charge in [0.2, 0.25) is 5.91 Å². The van der Waals surface area contributed by atoms with E-state index in [0.29, 0.717) is 28.8 Å². The maximum atomic E-state index is 12.4. The van der Waals surface area contributed by atoms with E-state index in [1.807, 2.05) is 30.5 Å². The van der Waals surface area contributed by atoms with E-state index in [2.05, 4.69) is 32.9 Å². The molecule has 8 nitrogen and oxygen atoms in total. The van der Waals surface area contributed by atoms with E-state index < -0.39 is 5.97 Å². The highest BCUT2D eigenvalue weighted by atomic mass is 32.2. The summed E-state index contributed by atoms with van der Waals surface area (Å²) in [5.41, 5.74) is 3.25. The van der Waals surface area contributed by atoms with Gasteiger partial charge in [0.25, 0.3) is 0 Å². The molecule has 1 N–H and O–H groups in total. The Kier molecular flexibility index (Phi) is 8.26. The Bertz CT molecular complexity index is 1120. The predicted molar refractivity (Wildman–Crippen MR) is 128 cm³/mol. The van der Waals surface area contributed by atoms with Crippen LogP contribution in [0.3, 0.4) is 0 Å². The number of ether oxygens (including phenoxy) is 2. The lowest BCUT2D eigenvalue weighted by atomic mass is 10.1. The Balaban J connectivity index is 1.60. The molecule has 9 heteroatoms. The van der Waals surface area contributed by atoms with E-state index >= 15 is 0 Å². The van der Waals surface area contributed by atoms with Crippen molar-refractivity contribution >= 4 is 29.3 Å². The Morgan fingerprint density at radius 1 is 1.12 bits per heavy atom. The van der Waals surface area contributed by atoms with Gasteiger partial charge in [0.15, 0.2) is 11.0 Å². The molecule has 1 aromatic heterocycles. The summed E-state index contributed by atoms with van der Waals surface area (Å²) in [5.74, 6) is 0.934. The second-order valence-electron chi connectivity index (χ2n) is 7.32. The number of aromatic nitrogens is 3. The summed E-state index contributed by atoms with van der Waals surface area (Å²) in [6.07, 6.45) is 1.75. The number of nitrogens with one attached hydrogen (secondary N) is 1. The number of nitrogens with zero attached hydrogens (tertiary/aromatic N) is 3. The summed E-state index contributed by atoms with van der Waals surface area (Å²) >= 11 is 1.27. The molecule has 3 aromatic rings. The van der Waals surface area contributed by atoms with Crippen LogP contribution >= 0.6 is 11.8 Å². The number of amides is 1. The van der Waals surface area contributed by atoms with Gasteiger partial charge in [-0.05, 0) is 61.4 Å². The fourth-order valence-corrected chi connectivity index (χ4v) is 3.91. The van der Waals surface area contributed by atoms with E-state index in [-0.39, 0.29) is 18.3 Å². The SMILES string of the molecule is C=CCn1c(COc2cc(C)cc(C)c2)nnc1SCC(=O)Nc1ccc(C(=O)OC)cc1. The highest BCUT2D eigenvalue weighted by Gasteiger charge is 2.15. The molecule has 0 atom stereocenters. The number of carbonyl (C=O) groups excluding carboxylic acids is 2. The Labute approximate surface area is 197 Å². The third-order valence-electron chi connectivity index (χ3n) is 4.59. The quantitative estimate of drug-likeness (QED) is 0.272. The second-order valence-corrected chi connectivity index (χ2v) is 8.26. The maximum Gasteiger partial charge on any atom is 0.337 e. The molecule has 0 aliphatic heterocycles. The molecule has 0 aliphatic carbocycles. The summed E-state index contributed by atoms with van der Waals surface area (Å²) < 4.78 is 12.5. The largest absolute Gasteiger partial charge is 0.486 e. The summed E-state index contributed by atoms with van der Waals surface area (Å²) in [7, 11) is 1.32. The molecule has 33 heavy (non-hydrogen) atoms. The molecule has 0 saturated carbocycles. The van der Waals surface area contributed by atoms with E-state index in [1.54, 1.807) is 30.3 Å². The van der Waals surface area contributed by atoms with Gasteiger partial charge in [-0.3, -0.25) is 9.36 Å². The van der Waals surface area contributed by atoms with Crippen molar-refractivity contribution in [1.29, 1.82) is 0 Å². The molecule has 1 amide bonds. The van der Waals surface area contributed by atoms with Crippen molar-refractivity contribution in [2.75, 3.05) is 18.2 Å². The van der Waals surface area contributed by atoms with Gasteiger partial charge in [0.05, 0.1) is 18.4 Å². The first-order valence-corrected chi connectivity index (χ1v) is 11.2. The zero-order valence-electron chi connectivity index (χ0n) is 18.8. The van der Waals surface area contributed by atoms with Crippen molar-refractivity contribution in [1.82, 2.24) is 14.8 Å². The van der Waals surface area contributed by atoms with Crippen LogP contribution in [-0.2, 0) is 22.7 Å². The zero-order chi connectivity index (χ0) is 23.8. The normalized spacial score (nSPS) is 10.5. The number of carbonyl (C=O) groups is 2. The third kappa shape index (κ3) is 6.69. The summed E-state index contributed by atoms with van der Waals surface area (Å²) in [6, 6.07) is 12.5. The van der Waals surface area contributed by atoms with Crippen molar-refractivity contribution in [2.24, 2.45) is 0 Å². The van der Waals surface area contributed by atoms with Crippen LogP contribution < -0.4 is 10.1 Å². The van der Waals surface area contributed by atoms with E-state index in [4.69, 9.17) is 4.74 Å². The molecular weight excluding hydrogens is 440 g/mol. The summed E-state index contributed by atoms with van der Waals surface area (Å²) in [5, 5.41) is 11.9. The van der Waals surface area contributed by atoms with Crippen LogP contribution in [0.4, 0.5) is 5.69 Å². The minimum absolute atomic E-state index is 0.145. The highest BCUT2D eigenvalue weighted by Crippen LogP contribution is 2.21. The maximum absolute atomic E-state index is 12.4. The third-order valence-corrected chi connectivity index (χ3v) is 5.56. The van der Waals surface area contributed by atoms with Crippen molar-refractivity contribution in [3.8, 4) is 5.75 Å². The monoisotopic (exact) mass is 466 g/mol. The van der Waals surface area contributed by atoms with Gasteiger partial charge in [0, 0.05) is 12.2 Å². The Hall–Kier alpha value is -3.59. The van der Waals surface area contributed by atoms with E-state index in [9.17, 15) is 9.59 Å². The van der Waals surface area contributed by atoms with Gasteiger partial charge in [-0.25, -0.2) is 4.79 Å². The number of hydrogen-bond donors (Lipinski definition) is 1. The first kappa shape index (κ1) is 24.1. The number of aryl methyl sites for hydroxylation is 2. The molecule has 2 aromatic carbocycles. The molecule has 0 unspecified atom stereocenters. The van der Waals surface area contributed by atoms with E-state index in [1.165, 1.54) is 18.9 Å². The van der Waals surface area contributed by atoms with Crippen LogP contribution in [0, 0.1) is 13.8 Å². The van der Waals surface area contributed by atoms with Gasteiger partial charge < -0.3 is 14.8 Å². The Morgan fingerprint density at radius 3 is 2.45 bits per heavy atom. The van der Waals surface area contributed by atoms with Crippen molar-refractivity contribution in [3.05, 3.63) is 77.6 Å². The average Bonchev–Trinajstić information content (AvgIpc) is 3.17. The highest BCUT2D eigenvalue weighted by molar-refractivity contribution is 7.99. The molecular formula is C24H26N4O4S. The van der Waals surface area contributed by atoms with Crippen molar-refractivity contribution < 1.29 is 19.1 Å². The van der Waals surface area contributed by atoms with Gasteiger partial charge in [-0.1, -0.05) is 23.9 Å². The standard InChI is InChI=1S/C24H26N4O4S/c1-5-10-28-21(14-32-20-12-16(2)11-17(3)13-20)26-27-24(28)33-15-22(29)25-19-8-6-18(7-9-19)23(30)31-4/h5-9,11-13H,1,10,14-15H2,2-4H3,(H,25,29). The van der Waals surface area contributed by atoms with Crippen LogP contribution in [-0.4, -0.2) is 39.5 Å². The minimum atomic E-state index is -0.428. The number of benzene rings is 2. The fraction of sp³-hybridized carbons (Fsp3) is 0.250. The average molecular weight is 467 g/mol. The molecule has 0 fully saturated rings. The molecule has 3 rings (SSSR count). The number of esters is 1. The van der Waals surface area contributed by atoms with Gasteiger partial charge in [-0.15, -0.1) is 16.8 Å². The summed E-state index contributed by atoms with van der Waals surface area (Å²) in [4.78, 5) is 23.9. The molecule has 0 aliphatic rings. The smallest absolute Gasteiger partial charge is 0.337 e. The lowest BCUT2D eigenvalue weighted by molar-refractivity contribution is -0.113. The number of thioether (sulfide) groups is 1. The molecule has 0 bridgehead atoms. The van der Waals surface area contributed by atoms with Crippen molar-refractivity contribution in [2.45, 2.75) is 32.2 Å². The number of allylic oxidation sites excluding steroid dienone is 1. The topological polar surface area (TPSA) is 95.3 Å². The lowest BCUT2D eigenvalue weighted by Gasteiger charge is -2.10. The predicted octanol–water partition coefficient (Wildman–Crippen LogP) is 4.18. The first-order chi connectivity index (χ1) is 15.9. The van der Waals surface area contributed by atoms with Crippen LogP contribution in [0.25, 0.3) is 0 Å². The molecule has 0 radical (unpaired) electrons. The lowest BCUT2D eigenvalue weighted by Crippen LogP contribution is -2.15. The first-order valence-electron chi connectivity index (χ1n) is 10.2. The van der Waals surface area contributed by atoms with Crippen LogP contribution in [0.15, 0.2) is 60.3 Å². The fourth-order valence-electron chi connectivity index (χ4n) is 3.14. The van der Waals surface area contributed by atoms with Gasteiger partial charge in [-0.2, -0.15) is 0 Å². The number of rotatable bonds is 10. The number of methoxy groups -OCH3 is 1. The van der Waals surface area contributed by atoms with Gasteiger partial charge >= 0.3 is 5.97 Å².